The summed E-state index contributed by atoms with van der Waals surface area (Å²) in [5.41, 5.74) is 1.24. The Morgan fingerprint density at radius 3 is 2.76 bits per heavy atom. The highest BCUT2D eigenvalue weighted by molar-refractivity contribution is 6.30. The Morgan fingerprint density at radius 1 is 1.28 bits per heavy atom. The molecule has 2 aromatic rings. The summed E-state index contributed by atoms with van der Waals surface area (Å²) in [5, 5.41) is 17.4. The minimum atomic E-state index is -0.525. The number of hydrogen-bond acceptors (Lipinski definition) is 5. The molecule has 8 heteroatoms. The third-order valence-electron chi connectivity index (χ3n) is 3.42. The van der Waals surface area contributed by atoms with Crippen molar-refractivity contribution in [2.45, 2.75) is 6.54 Å². The number of carbonyl (C=O) groups excluding carboxylic acids is 1. The van der Waals surface area contributed by atoms with Gasteiger partial charge in [0.2, 0.25) is 0 Å². The molecule has 0 spiro atoms. The van der Waals surface area contributed by atoms with E-state index in [1.807, 2.05) is 6.07 Å². The van der Waals surface area contributed by atoms with E-state index in [-0.39, 0.29) is 17.8 Å². The van der Waals surface area contributed by atoms with Crippen molar-refractivity contribution in [1.82, 2.24) is 5.32 Å². The van der Waals surface area contributed by atoms with Crippen LogP contribution in [0.25, 0.3) is 0 Å². The van der Waals surface area contributed by atoms with Crippen molar-refractivity contribution in [3.8, 4) is 0 Å². The lowest BCUT2D eigenvalue weighted by Crippen LogP contribution is -2.23. The van der Waals surface area contributed by atoms with E-state index in [1.54, 1.807) is 25.3 Å². The summed E-state index contributed by atoms with van der Waals surface area (Å²) in [7, 11) is 1.55. The Balaban J connectivity index is 2.08. The lowest BCUT2D eigenvalue weighted by atomic mass is 10.1. The zero-order valence-electron chi connectivity index (χ0n) is 13.6. The lowest BCUT2D eigenvalue weighted by molar-refractivity contribution is -0.384. The van der Waals surface area contributed by atoms with Crippen LogP contribution in [0.5, 0.6) is 0 Å². The molecular formula is C17H18ClN3O4. The highest BCUT2D eigenvalue weighted by atomic mass is 35.5. The van der Waals surface area contributed by atoms with Crippen LogP contribution in [0.1, 0.15) is 15.9 Å². The molecule has 0 aliphatic rings. The van der Waals surface area contributed by atoms with E-state index in [2.05, 4.69) is 10.6 Å². The summed E-state index contributed by atoms with van der Waals surface area (Å²) >= 11 is 5.90. The SMILES string of the molecule is COCCNc1ccc(C(=O)NCc2cccc(Cl)c2)cc1[N+](=O)[O-]. The highest BCUT2D eigenvalue weighted by Gasteiger charge is 2.17. The van der Waals surface area contributed by atoms with Gasteiger partial charge in [0.05, 0.1) is 11.5 Å². The Morgan fingerprint density at radius 2 is 2.08 bits per heavy atom. The fourth-order valence-corrected chi connectivity index (χ4v) is 2.41. The Hall–Kier alpha value is -2.64. The minimum absolute atomic E-state index is 0.161. The number of hydrogen-bond donors (Lipinski definition) is 2. The molecule has 0 radical (unpaired) electrons. The molecule has 0 bridgehead atoms. The van der Waals surface area contributed by atoms with Crippen LogP contribution < -0.4 is 10.6 Å². The Kier molecular flexibility index (Phi) is 6.73. The number of nitro benzene ring substituents is 1. The van der Waals surface area contributed by atoms with Gasteiger partial charge in [-0.3, -0.25) is 14.9 Å². The van der Waals surface area contributed by atoms with Gasteiger partial charge in [-0.25, -0.2) is 0 Å². The predicted molar refractivity (Wildman–Crippen MR) is 96.1 cm³/mol. The number of nitrogens with zero attached hydrogens (tertiary/aromatic N) is 1. The second-order valence-electron chi connectivity index (χ2n) is 5.22. The van der Waals surface area contributed by atoms with Crippen LogP contribution in [0.2, 0.25) is 5.02 Å². The van der Waals surface area contributed by atoms with Crippen molar-refractivity contribution in [3.05, 3.63) is 68.7 Å². The van der Waals surface area contributed by atoms with Gasteiger partial charge in [-0.1, -0.05) is 23.7 Å². The Labute approximate surface area is 150 Å². The van der Waals surface area contributed by atoms with Gasteiger partial charge >= 0.3 is 0 Å². The number of methoxy groups -OCH3 is 1. The quantitative estimate of drug-likeness (QED) is 0.426. The first-order valence-electron chi connectivity index (χ1n) is 7.55. The number of halogens is 1. The summed E-state index contributed by atoms with van der Waals surface area (Å²) in [6.45, 7) is 1.12. The van der Waals surface area contributed by atoms with Crippen molar-refractivity contribution in [2.24, 2.45) is 0 Å². The summed E-state index contributed by atoms with van der Waals surface area (Å²) < 4.78 is 4.90. The summed E-state index contributed by atoms with van der Waals surface area (Å²) in [4.78, 5) is 23.0. The molecule has 0 unspecified atom stereocenters. The van der Waals surface area contributed by atoms with Crippen LogP contribution >= 0.6 is 11.6 Å². The standard InChI is InChI=1S/C17H18ClN3O4/c1-25-8-7-19-15-6-5-13(10-16(15)21(23)24)17(22)20-11-12-3-2-4-14(18)9-12/h2-6,9-10,19H,7-8,11H2,1H3,(H,20,22). The second kappa shape index (κ2) is 9.00. The van der Waals surface area contributed by atoms with E-state index in [0.29, 0.717) is 23.9 Å². The van der Waals surface area contributed by atoms with Crippen LogP contribution in [0.3, 0.4) is 0 Å². The number of rotatable bonds is 8. The topological polar surface area (TPSA) is 93.5 Å². The third kappa shape index (κ3) is 5.44. The van der Waals surface area contributed by atoms with Crippen LogP contribution in [0.4, 0.5) is 11.4 Å². The predicted octanol–water partition coefficient (Wildman–Crippen LogP) is 3.24. The zero-order chi connectivity index (χ0) is 18.2. The maximum absolute atomic E-state index is 12.2. The number of ether oxygens (including phenoxy) is 1. The van der Waals surface area contributed by atoms with E-state index < -0.39 is 10.8 Å². The zero-order valence-corrected chi connectivity index (χ0v) is 14.4. The highest BCUT2D eigenvalue weighted by Crippen LogP contribution is 2.25. The molecule has 2 aromatic carbocycles. The first-order chi connectivity index (χ1) is 12.0. The summed E-state index contributed by atoms with van der Waals surface area (Å²) in [6, 6.07) is 11.4. The van der Waals surface area contributed by atoms with Crippen molar-refractivity contribution in [2.75, 3.05) is 25.6 Å². The summed E-state index contributed by atoms with van der Waals surface area (Å²) in [6.07, 6.45) is 0. The number of anilines is 1. The van der Waals surface area contributed by atoms with E-state index in [0.717, 1.165) is 5.56 Å². The van der Waals surface area contributed by atoms with Gasteiger partial charge < -0.3 is 15.4 Å². The van der Waals surface area contributed by atoms with Crippen molar-refractivity contribution >= 4 is 28.9 Å². The number of amides is 1. The van der Waals surface area contributed by atoms with Gasteiger partial charge in [-0.05, 0) is 29.8 Å². The second-order valence-corrected chi connectivity index (χ2v) is 5.66. The average Bonchev–Trinajstić information content (AvgIpc) is 2.60. The fraction of sp³-hybridized carbons (Fsp3) is 0.235. The average molecular weight is 364 g/mol. The number of carbonyl (C=O) groups is 1. The molecule has 0 aliphatic heterocycles. The van der Waals surface area contributed by atoms with Crippen molar-refractivity contribution in [1.29, 1.82) is 0 Å². The van der Waals surface area contributed by atoms with Crippen molar-refractivity contribution < 1.29 is 14.5 Å². The number of nitro groups is 1. The van der Waals surface area contributed by atoms with E-state index >= 15 is 0 Å². The molecule has 1 amide bonds. The molecule has 0 saturated carbocycles. The molecule has 2 rings (SSSR count). The van der Waals surface area contributed by atoms with E-state index in [9.17, 15) is 14.9 Å². The normalized spacial score (nSPS) is 10.3. The van der Waals surface area contributed by atoms with Crippen LogP contribution in [0.15, 0.2) is 42.5 Å². The van der Waals surface area contributed by atoms with E-state index in [4.69, 9.17) is 16.3 Å². The molecule has 132 valence electrons. The third-order valence-corrected chi connectivity index (χ3v) is 3.66. The van der Waals surface area contributed by atoms with Gasteiger partial charge in [-0.2, -0.15) is 0 Å². The minimum Gasteiger partial charge on any atom is -0.383 e. The molecule has 25 heavy (non-hydrogen) atoms. The maximum Gasteiger partial charge on any atom is 0.293 e. The van der Waals surface area contributed by atoms with Gasteiger partial charge in [0.15, 0.2) is 0 Å². The summed E-state index contributed by atoms with van der Waals surface area (Å²) in [5.74, 6) is -0.397. The smallest absolute Gasteiger partial charge is 0.293 e. The fourth-order valence-electron chi connectivity index (χ4n) is 2.19. The van der Waals surface area contributed by atoms with Crippen LogP contribution in [0, 0.1) is 10.1 Å². The Bertz CT molecular complexity index is 767. The first kappa shape index (κ1) is 18.7. The van der Waals surface area contributed by atoms with Gasteiger partial charge in [-0.15, -0.1) is 0 Å². The lowest BCUT2D eigenvalue weighted by Gasteiger charge is -2.09. The van der Waals surface area contributed by atoms with Crippen LogP contribution in [-0.4, -0.2) is 31.1 Å². The van der Waals surface area contributed by atoms with Crippen molar-refractivity contribution in [3.63, 3.8) is 0 Å². The van der Waals surface area contributed by atoms with Gasteiger partial charge in [0.1, 0.15) is 5.69 Å². The molecule has 0 saturated heterocycles. The van der Waals surface area contributed by atoms with Gasteiger partial charge in [0.25, 0.3) is 11.6 Å². The number of benzene rings is 2. The molecular weight excluding hydrogens is 346 g/mol. The molecule has 0 atom stereocenters. The van der Waals surface area contributed by atoms with Crippen LogP contribution in [-0.2, 0) is 11.3 Å². The number of nitrogens with one attached hydrogen (secondary N) is 2. The largest absolute Gasteiger partial charge is 0.383 e. The molecule has 7 nitrogen and oxygen atoms in total. The monoisotopic (exact) mass is 363 g/mol. The van der Waals surface area contributed by atoms with E-state index in [1.165, 1.54) is 18.2 Å². The molecule has 0 heterocycles. The van der Waals surface area contributed by atoms with Gasteiger partial charge in [0, 0.05) is 36.9 Å². The first-order valence-corrected chi connectivity index (χ1v) is 7.93. The molecule has 0 aliphatic carbocycles. The molecule has 0 aromatic heterocycles. The molecule has 2 N–H and O–H groups in total. The molecule has 0 fully saturated rings. The maximum atomic E-state index is 12.2.